The average molecular weight is 229 g/mol. The Labute approximate surface area is 84.6 Å². The highest BCUT2D eigenvalue weighted by atomic mass is 79.9. The fourth-order valence-corrected chi connectivity index (χ4v) is 1.13. The lowest BCUT2D eigenvalue weighted by atomic mass is 10.0. The van der Waals surface area contributed by atoms with Crippen LogP contribution in [0.4, 0.5) is 0 Å². The molecule has 0 bridgehead atoms. The summed E-state index contributed by atoms with van der Waals surface area (Å²) in [6.45, 7) is 6.53. The van der Waals surface area contributed by atoms with Crippen LogP contribution in [0.5, 0.6) is 0 Å². The van der Waals surface area contributed by atoms with Crippen molar-refractivity contribution in [2.75, 3.05) is 0 Å². The minimum atomic E-state index is 0.714. The largest absolute Gasteiger partial charge is 0.0905 e. The summed E-state index contributed by atoms with van der Waals surface area (Å²) in [4.78, 5) is 2.74. The Kier molecular flexibility index (Phi) is 7.29. The third kappa shape index (κ3) is 7.88. The van der Waals surface area contributed by atoms with E-state index in [4.69, 9.17) is 0 Å². The topological polar surface area (TPSA) is 0 Å². The van der Waals surface area contributed by atoms with Crippen molar-refractivity contribution < 1.29 is 0 Å². The van der Waals surface area contributed by atoms with Gasteiger partial charge in [-0.05, 0) is 37.4 Å². The Hall–Kier alpha value is -0.220. The van der Waals surface area contributed by atoms with Gasteiger partial charge in [0.1, 0.15) is 0 Å². The van der Waals surface area contributed by atoms with Crippen LogP contribution in [0.15, 0.2) is 11.6 Å². The molecule has 0 spiro atoms. The molecule has 1 atom stereocenters. The number of halogens is 1. The van der Waals surface area contributed by atoms with E-state index >= 15 is 0 Å². The van der Waals surface area contributed by atoms with Gasteiger partial charge in [0.25, 0.3) is 0 Å². The van der Waals surface area contributed by atoms with E-state index in [1.54, 1.807) is 0 Å². The maximum Gasteiger partial charge on any atom is 0.0123 e. The molecule has 0 fully saturated rings. The molecule has 0 N–H and O–H groups in total. The summed E-state index contributed by atoms with van der Waals surface area (Å²) in [6, 6.07) is 0. The normalized spacial score (nSPS) is 11.3. The summed E-state index contributed by atoms with van der Waals surface area (Å²) in [7, 11) is 0. The molecule has 0 aliphatic carbocycles. The number of hydrogen-bond acceptors (Lipinski definition) is 0. The van der Waals surface area contributed by atoms with Gasteiger partial charge >= 0.3 is 0 Å². The van der Waals surface area contributed by atoms with Gasteiger partial charge in [0.2, 0.25) is 0 Å². The van der Waals surface area contributed by atoms with Gasteiger partial charge < -0.3 is 0 Å². The third-order valence-electron chi connectivity index (χ3n) is 1.73. The summed E-state index contributed by atoms with van der Waals surface area (Å²) in [5, 5.41) is 0. The van der Waals surface area contributed by atoms with Gasteiger partial charge in [-0.25, -0.2) is 0 Å². The lowest BCUT2D eigenvalue weighted by Gasteiger charge is -2.04. The number of rotatable bonds is 4. The highest BCUT2D eigenvalue weighted by Crippen LogP contribution is 2.10. The van der Waals surface area contributed by atoms with Gasteiger partial charge in [-0.15, -0.1) is 0 Å². The maximum absolute atomic E-state index is 3.10. The van der Waals surface area contributed by atoms with Crippen LogP contribution in [0, 0.1) is 16.7 Å². The first-order chi connectivity index (χ1) is 5.66. The van der Waals surface area contributed by atoms with Crippen LogP contribution in [0.25, 0.3) is 0 Å². The average Bonchev–Trinajstić information content (AvgIpc) is 2.00. The zero-order chi connectivity index (χ0) is 9.40. The van der Waals surface area contributed by atoms with Crippen molar-refractivity contribution in [2.45, 2.75) is 40.0 Å². The second-order valence-corrected chi connectivity index (χ2v) is 3.84. The molecule has 68 valence electrons. The third-order valence-corrected chi connectivity index (χ3v) is 2.01. The quantitative estimate of drug-likeness (QED) is 0.502. The summed E-state index contributed by atoms with van der Waals surface area (Å²) in [5.41, 5.74) is 1.41. The summed E-state index contributed by atoms with van der Waals surface area (Å²) >= 11 is 3.10. The fourth-order valence-electron chi connectivity index (χ4n) is 0.971. The van der Waals surface area contributed by atoms with Gasteiger partial charge in [0.05, 0.1) is 0 Å². The standard InChI is InChI=1S/C11H17Br/c1-10(2)6-4-7-11(3)8-5-9-12/h6,11H,4,7-8H2,1-3H3. The molecule has 0 heterocycles. The van der Waals surface area contributed by atoms with Crippen molar-refractivity contribution >= 4 is 15.9 Å². The molecule has 0 radical (unpaired) electrons. The van der Waals surface area contributed by atoms with Crippen LogP contribution in [0.2, 0.25) is 0 Å². The minimum absolute atomic E-state index is 0.714. The predicted octanol–water partition coefficient (Wildman–Crippen LogP) is 4.11. The van der Waals surface area contributed by atoms with Crippen molar-refractivity contribution in [1.82, 2.24) is 0 Å². The molecule has 0 saturated heterocycles. The first-order valence-electron chi connectivity index (χ1n) is 4.38. The van der Waals surface area contributed by atoms with Crippen molar-refractivity contribution in [3.8, 4) is 10.8 Å². The van der Waals surface area contributed by atoms with E-state index in [9.17, 15) is 0 Å². The summed E-state index contributed by atoms with van der Waals surface area (Å²) < 4.78 is 0. The second-order valence-electron chi connectivity index (χ2n) is 3.44. The molecular weight excluding hydrogens is 212 g/mol. The van der Waals surface area contributed by atoms with Crippen molar-refractivity contribution in [1.29, 1.82) is 0 Å². The minimum Gasteiger partial charge on any atom is -0.0905 e. The van der Waals surface area contributed by atoms with Crippen molar-refractivity contribution in [3.05, 3.63) is 11.6 Å². The Morgan fingerprint density at radius 1 is 1.50 bits per heavy atom. The molecular formula is C11H17Br. The zero-order valence-electron chi connectivity index (χ0n) is 8.15. The van der Waals surface area contributed by atoms with E-state index in [0.717, 1.165) is 6.42 Å². The van der Waals surface area contributed by atoms with Crippen LogP contribution >= 0.6 is 15.9 Å². The molecule has 1 heteroatoms. The molecule has 0 aliphatic heterocycles. The van der Waals surface area contributed by atoms with E-state index in [-0.39, 0.29) is 0 Å². The van der Waals surface area contributed by atoms with E-state index < -0.39 is 0 Å². The van der Waals surface area contributed by atoms with Gasteiger partial charge in [-0.2, -0.15) is 0 Å². The lowest BCUT2D eigenvalue weighted by molar-refractivity contribution is 0.553. The predicted molar refractivity (Wildman–Crippen MR) is 59.1 cm³/mol. The first-order valence-corrected chi connectivity index (χ1v) is 5.18. The van der Waals surface area contributed by atoms with Crippen molar-refractivity contribution in [2.24, 2.45) is 5.92 Å². The molecule has 0 aromatic carbocycles. The zero-order valence-corrected chi connectivity index (χ0v) is 9.74. The second kappa shape index (κ2) is 7.43. The highest BCUT2D eigenvalue weighted by Gasteiger charge is 1.97. The van der Waals surface area contributed by atoms with Gasteiger partial charge in [-0.3, -0.25) is 0 Å². The van der Waals surface area contributed by atoms with Crippen LogP contribution < -0.4 is 0 Å². The Morgan fingerprint density at radius 2 is 2.17 bits per heavy atom. The van der Waals surface area contributed by atoms with E-state index in [1.165, 1.54) is 18.4 Å². The van der Waals surface area contributed by atoms with E-state index in [2.05, 4.69) is 53.5 Å². The van der Waals surface area contributed by atoms with Crippen LogP contribution in [0.1, 0.15) is 40.0 Å². The molecule has 12 heavy (non-hydrogen) atoms. The molecule has 0 aliphatic rings. The van der Waals surface area contributed by atoms with Gasteiger partial charge in [0.15, 0.2) is 0 Å². The molecule has 0 amide bonds. The SMILES string of the molecule is CC(C)=CCCC(C)CC#CBr. The number of allylic oxidation sites excluding steroid dienone is 2. The molecule has 1 unspecified atom stereocenters. The van der Waals surface area contributed by atoms with Gasteiger partial charge in [-0.1, -0.05) is 24.5 Å². The van der Waals surface area contributed by atoms with Crippen LogP contribution in [-0.2, 0) is 0 Å². The lowest BCUT2D eigenvalue weighted by Crippen LogP contribution is -1.91. The van der Waals surface area contributed by atoms with Gasteiger partial charge in [0, 0.05) is 22.4 Å². The summed E-state index contributed by atoms with van der Waals surface area (Å²) in [5.74, 6) is 3.75. The molecule has 0 nitrogen and oxygen atoms in total. The molecule has 0 saturated carbocycles. The molecule has 0 aromatic rings. The first kappa shape index (κ1) is 11.8. The maximum atomic E-state index is 3.10. The highest BCUT2D eigenvalue weighted by molar-refractivity contribution is 9.12. The van der Waals surface area contributed by atoms with E-state index in [1.807, 2.05) is 0 Å². The Balaban J connectivity index is 3.48. The smallest absolute Gasteiger partial charge is 0.0123 e. The Bertz CT molecular complexity index is 189. The summed E-state index contributed by atoms with van der Waals surface area (Å²) in [6.07, 6.45) is 5.72. The number of hydrogen-bond donors (Lipinski definition) is 0. The molecule has 0 rings (SSSR count). The molecule has 0 aromatic heterocycles. The van der Waals surface area contributed by atoms with Crippen LogP contribution in [0.3, 0.4) is 0 Å². The fraction of sp³-hybridized carbons (Fsp3) is 0.636. The van der Waals surface area contributed by atoms with Crippen molar-refractivity contribution in [3.63, 3.8) is 0 Å². The Morgan fingerprint density at radius 3 is 2.67 bits per heavy atom. The van der Waals surface area contributed by atoms with Crippen LogP contribution in [-0.4, -0.2) is 0 Å². The monoisotopic (exact) mass is 228 g/mol. The van der Waals surface area contributed by atoms with E-state index in [0.29, 0.717) is 5.92 Å².